The lowest BCUT2D eigenvalue weighted by Crippen LogP contribution is -2.51. The largest absolute Gasteiger partial charge is 0.379 e. The van der Waals surface area contributed by atoms with E-state index < -0.39 is 0 Å². The minimum absolute atomic E-state index is 0.00587. The number of likely N-dealkylation sites (tertiary alicyclic amines) is 1. The van der Waals surface area contributed by atoms with Crippen LogP contribution in [0.1, 0.15) is 35.7 Å². The van der Waals surface area contributed by atoms with Crippen LogP contribution in [-0.2, 0) is 9.53 Å². The first-order valence-electron chi connectivity index (χ1n) is 12.1. The molecule has 2 fully saturated rings. The van der Waals surface area contributed by atoms with Crippen LogP contribution in [0.2, 0.25) is 0 Å². The maximum atomic E-state index is 13.2. The average Bonchev–Trinajstić information content (AvgIpc) is 3.56. The molecular formula is C25H28N8O3. The van der Waals surface area contributed by atoms with E-state index >= 15 is 0 Å². The Kier molecular flexibility index (Phi) is 5.36. The van der Waals surface area contributed by atoms with Gasteiger partial charge in [-0.05, 0) is 25.0 Å². The van der Waals surface area contributed by atoms with Crippen molar-refractivity contribution in [2.75, 3.05) is 33.1 Å². The van der Waals surface area contributed by atoms with Gasteiger partial charge in [0.2, 0.25) is 5.91 Å². The SMILES string of the molecule is CNc1cc(-c2cn([C@@H]3CC(=O)N(C)C3)c3ncccc23)nc2c(C(=O)N[C@@H]3CC[C@H]3OC)cnn12. The fourth-order valence-electron chi connectivity index (χ4n) is 5.19. The summed E-state index contributed by atoms with van der Waals surface area (Å²) in [6.07, 6.45) is 7.60. The zero-order chi connectivity index (χ0) is 25.0. The number of hydrogen-bond donors (Lipinski definition) is 2. The average molecular weight is 489 g/mol. The van der Waals surface area contributed by atoms with Crippen molar-refractivity contribution in [3.8, 4) is 11.3 Å². The van der Waals surface area contributed by atoms with Gasteiger partial charge in [0.25, 0.3) is 5.91 Å². The first kappa shape index (κ1) is 22.5. The smallest absolute Gasteiger partial charge is 0.257 e. The van der Waals surface area contributed by atoms with E-state index in [0.717, 1.165) is 29.4 Å². The molecule has 4 aromatic heterocycles. The molecule has 1 saturated carbocycles. The summed E-state index contributed by atoms with van der Waals surface area (Å²) in [6.45, 7) is 0.628. The number of likely N-dealkylation sites (N-methyl/N-ethyl adjacent to an activating group) is 1. The minimum Gasteiger partial charge on any atom is -0.379 e. The lowest BCUT2D eigenvalue weighted by molar-refractivity contribution is -0.126. The van der Waals surface area contributed by atoms with Crippen molar-refractivity contribution in [2.24, 2.45) is 0 Å². The number of nitrogens with one attached hydrogen (secondary N) is 2. The normalized spacial score (nSPS) is 21.8. The van der Waals surface area contributed by atoms with E-state index in [1.54, 1.807) is 28.9 Å². The van der Waals surface area contributed by atoms with E-state index in [1.807, 2.05) is 38.5 Å². The third-order valence-electron chi connectivity index (χ3n) is 7.38. The second-order valence-electron chi connectivity index (χ2n) is 9.46. The van der Waals surface area contributed by atoms with Crippen LogP contribution in [0.15, 0.2) is 36.8 Å². The second kappa shape index (κ2) is 8.59. The van der Waals surface area contributed by atoms with Gasteiger partial charge in [0.1, 0.15) is 17.0 Å². The van der Waals surface area contributed by atoms with Gasteiger partial charge in [-0.15, -0.1) is 0 Å². The van der Waals surface area contributed by atoms with E-state index in [9.17, 15) is 9.59 Å². The Morgan fingerprint density at radius 1 is 1.25 bits per heavy atom. The lowest BCUT2D eigenvalue weighted by Gasteiger charge is -2.35. The van der Waals surface area contributed by atoms with Crippen molar-refractivity contribution >= 4 is 34.3 Å². The van der Waals surface area contributed by atoms with Crippen molar-refractivity contribution in [2.45, 2.75) is 37.5 Å². The molecule has 0 aromatic carbocycles. The Labute approximate surface area is 207 Å². The molecule has 6 rings (SSSR count). The fraction of sp³-hybridized carbons (Fsp3) is 0.400. The number of nitrogens with zero attached hydrogens (tertiary/aromatic N) is 6. The van der Waals surface area contributed by atoms with Gasteiger partial charge in [0, 0.05) is 63.6 Å². The predicted molar refractivity (Wildman–Crippen MR) is 134 cm³/mol. The number of amides is 2. The van der Waals surface area contributed by atoms with Gasteiger partial charge in [0.05, 0.1) is 30.1 Å². The zero-order valence-electron chi connectivity index (χ0n) is 20.4. The van der Waals surface area contributed by atoms with Gasteiger partial charge in [-0.2, -0.15) is 9.61 Å². The highest BCUT2D eigenvalue weighted by atomic mass is 16.5. The molecule has 11 nitrogen and oxygen atoms in total. The van der Waals surface area contributed by atoms with Crippen LogP contribution in [0.3, 0.4) is 0 Å². The highest BCUT2D eigenvalue weighted by Crippen LogP contribution is 2.35. The highest BCUT2D eigenvalue weighted by Gasteiger charge is 2.33. The molecule has 1 aliphatic heterocycles. The number of pyridine rings is 1. The van der Waals surface area contributed by atoms with Crippen molar-refractivity contribution in [1.82, 2.24) is 34.4 Å². The molecule has 0 unspecified atom stereocenters. The number of methoxy groups -OCH3 is 1. The Balaban J connectivity index is 1.44. The molecule has 36 heavy (non-hydrogen) atoms. The molecular weight excluding hydrogens is 460 g/mol. The van der Waals surface area contributed by atoms with Crippen molar-refractivity contribution in [1.29, 1.82) is 0 Å². The van der Waals surface area contributed by atoms with Gasteiger partial charge < -0.3 is 24.8 Å². The number of ether oxygens (including phenoxy) is 1. The molecule has 0 radical (unpaired) electrons. The summed E-state index contributed by atoms with van der Waals surface area (Å²) in [5.74, 6) is 0.599. The van der Waals surface area contributed by atoms with Gasteiger partial charge in [-0.3, -0.25) is 9.59 Å². The third-order valence-corrected chi connectivity index (χ3v) is 7.38. The molecule has 1 saturated heterocycles. The number of carbonyl (C=O) groups is 2. The van der Waals surface area contributed by atoms with E-state index in [2.05, 4.69) is 25.3 Å². The van der Waals surface area contributed by atoms with Crippen molar-refractivity contribution in [3.05, 3.63) is 42.4 Å². The monoisotopic (exact) mass is 488 g/mol. The molecule has 2 N–H and O–H groups in total. The zero-order valence-corrected chi connectivity index (χ0v) is 20.4. The van der Waals surface area contributed by atoms with Crippen molar-refractivity contribution < 1.29 is 14.3 Å². The maximum Gasteiger partial charge on any atom is 0.257 e. The number of carbonyl (C=O) groups excluding carboxylic acids is 2. The van der Waals surface area contributed by atoms with Crippen LogP contribution >= 0.6 is 0 Å². The van der Waals surface area contributed by atoms with E-state index in [1.165, 1.54) is 0 Å². The van der Waals surface area contributed by atoms with Gasteiger partial charge >= 0.3 is 0 Å². The van der Waals surface area contributed by atoms with Crippen LogP contribution in [0.5, 0.6) is 0 Å². The number of anilines is 1. The Bertz CT molecular complexity index is 1490. The molecule has 2 amide bonds. The van der Waals surface area contributed by atoms with Crippen LogP contribution < -0.4 is 10.6 Å². The van der Waals surface area contributed by atoms with E-state index in [-0.39, 0.29) is 30.0 Å². The number of aromatic nitrogens is 5. The van der Waals surface area contributed by atoms with Gasteiger partial charge in [0.15, 0.2) is 5.65 Å². The summed E-state index contributed by atoms with van der Waals surface area (Å²) in [5, 5.41) is 11.6. The summed E-state index contributed by atoms with van der Waals surface area (Å²) in [6, 6.07) is 5.79. The first-order valence-corrected chi connectivity index (χ1v) is 12.1. The van der Waals surface area contributed by atoms with Crippen LogP contribution in [0, 0.1) is 0 Å². The third kappa shape index (κ3) is 3.49. The minimum atomic E-state index is -0.222. The Morgan fingerprint density at radius 2 is 2.11 bits per heavy atom. The van der Waals surface area contributed by atoms with E-state index in [0.29, 0.717) is 35.7 Å². The molecule has 0 bridgehead atoms. The standard InChI is InChI=1S/C25H28N8O3/c1-26-21-10-19(29-24-16(11-28-33(21)24)25(35)30-18-6-7-20(18)36-3)17-13-32(14-9-22(34)31(2)12-14)23-15(17)5-4-8-27-23/h4-5,8,10-11,13-14,18,20,26H,6-7,9,12H2,1-3H3,(H,30,35)/t14-,18-,20-/m1/s1. The Morgan fingerprint density at radius 3 is 2.81 bits per heavy atom. The number of rotatable bonds is 6. The molecule has 1 aliphatic carbocycles. The number of fused-ring (bicyclic) bond motifs is 2. The first-order chi connectivity index (χ1) is 17.5. The quantitative estimate of drug-likeness (QED) is 0.427. The second-order valence-corrected chi connectivity index (χ2v) is 9.46. The molecule has 4 aromatic rings. The molecule has 2 aliphatic rings. The maximum absolute atomic E-state index is 13.2. The summed E-state index contributed by atoms with van der Waals surface area (Å²) in [4.78, 5) is 36.6. The molecule has 0 spiro atoms. The van der Waals surface area contributed by atoms with Gasteiger partial charge in [-0.25, -0.2) is 9.97 Å². The summed E-state index contributed by atoms with van der Waals surface area (Å²) < 4.78 is 9.13. The van der Waals surface area contributed by atoms with Crippen LogP contribution in [0.25, 0.3) is 27.9 Å². The van der Waals surface area contributed by atoms with Gasteiger partial charge in [-0.1, -0.05) is 0 Å². The van der Waals surface area contributed by atoms with Crippen LogP contribution in [-0.4, -0.2) is 80.8 Å². The summed E-state index contributed by atoms with van der Waals surface area (Å²) in [7, 11) is 5.29. The molecule has 3 atom stereocenters. The molecule has 5 heterocycles. The lowest BCUT2D eigenvalue weighted by atomic mass is 9.89. The Hall–Kier alpha value is -3.99. The fourth-order valence-corrected chi connectivity index (χ4v) is 5.19. The van der Waals surface area contributed by atoms with Crippen molar-refractivity contribution in [3.63, 3.8) is 0 Å². The predicted octanol–water partition coefficient (Wildman–Crippen LogP) is 2.10. The molecule has 186 valence electrons. The number of hydrogen-bond acceptors (Lipinski definition) is 7. The topological polar surface area (TPSA) is 119 Å². The van der Waals surface area contributed by atoms with Crippen LogP contribution in [0.4, 0.5) is 5.82 Å². The summed E-state index contributed by atoms with van der Waals surface area (Å²) >= 11 is 0. The summed E-state index contributed by atoms with van der Waals surface area (Å²) in [5.41, 5.74) is 3.23. The molecule has 11 heteroatoms. The van der Waals surface area contributed by atoms with E-state index in [4.69, 9.17) is 9.72 Å². The highest BCUT2D eigenvalue weighted by molar-refractivity contribution is 6.01.